The molecule has 80 valence electrons. The van der Waals surface area contributed by atoms with Gasteiger partial charge >= 0.3 is 0 Å². The molecule has 0 heterocycles. The molecule has 6 heteroatoms. The third kappa shape index (κ3) is 2.23. The van der Waals surface area contributed by atoms with Crippen molar-refractivity contribution in [3.05, 3.63) is 0 Å². The summed E-state index contributed by atoms with van der Waals surface area (Å²) < 4.78 is 26.6. The smallest absolute Gasteiger partial charge is 0.196 e. The standard InChI is InChI=1S/C8H15N3O2S/c1-11(2)14(12,13)10-8(7-9)5-3-4-6-8/h10H,3-6H2,1-2H3. The maximum atomic E-state index is 11.5. The third-order valence-corrected chi connectivity index (χ3v) is 4.09. The molecular weight excluding hydrogens is 202 g/mol. The SMILES string of the molecule is CN(C)S(=O)(=O)NC1(C#N)CCCC1. The summed E-state index contributed by atoms with van der Waals surface area (Å²) in [6.45, 7) is 0. The molecule has 0 aliphatic heterocycles. The van der Waals surface area contributed by atoms with Crippen molar-refractivity contribution in [2.45, 2.75) is 31.2 Å². The topological polar surface area (TPSA) is 73.2 Å². The van der Waals surface area contributed by atoms with E-state index in [1.807, 2.05) is 0 Å². The summed E-state index contributed by atoms with van der Waals surface area (Å²) >= 11 is 0. The lowest BCUT2D eigenvalue weighted by molar-refractivity contribution is 0.448. The van der Waals surface area contributed by atoms with E-state index in [0.29, 0.717) is 12.8 Å². The van der Waals surface area contributed by atoms with E-state index in [-0.39, 0.29) is 0 Å². The number of nitriles is 1. The maximum Gasteiger partial charge on any atom is 0.280 e. The molecule has 1 aliphatic rings. The van der Waals surface area contributed by atoms with E-state index >= 15 is 0 Å². The number of rotatable bonds is 3. The zero-order valence-electron chi connectivity index (χ0n) is 8.45. The Morgan fingerprint density at radius 2 is 1.86 bits per heavy atom. The average Bonchev–Trinajstić information content (AvgIpc) is 2.53. The van der Waals surface area contributed by atoms with E-state index in [1.54, 1.807) is 0 Å². The molecule has 0 spiro atoms. The molecular formula is C8H15N3O2S. The van der Waals surface area contributed by atoms with Gasteiger partial charge in [-0.05, 0) is 12.8 Å². The van der Waals surface area contributed by atoms with E-state index in [9.17, 15) is 8.42 Å². The van der Waals surface area contributed by atoms with Crippen molar-refractivity contribution in [2.24, 2.45) is 0 Å². The van der Waals surface area contributed by atoms with Crippen LogP contribution >= 0.6 is 0 Å². The predicted octanol–water partition coefficient (Wildman–Crippen LogP) is 0.219. The molecule has 1 aliphatic carbocycles. The molecule has 0 radical (unpaired) electrons. The molecule has 0 atom stereocenters. The van der Waals surface area contributed by atoms with Gasteiger partial charge in [0.25, 0.3) is 10.2 Å². The molecule has 0 aromatic heterocycles. The first-order valence-electron chi connectivity index (χ1n) is 4.55. The third-order valence-electron chi connectivity index (χ3n) is 2.48. The Balaban J connectivity index is 2.82. The Kier molecular flexibility index (Phi) is 3.14. The minimum Gasteiger partial charge on any atom is -0.196 e. The van der Waals surface area contributed by atoms with E-state index in [1.165, 1.54) is 14.1 Å². The van der Waals surface area contributed by atoms with E-state index in [4.69, 9.17) is 5.26 Å². The van der Waals surface area contributed by atoms with Crippen LogP contribution in [0.4, 0.5) is 0 Å². The van der Waals surface area contributed by atoms with Gasteiger partial charge in [0.2, 0.25) is 0 Å². The fourth-order valence-corrected chi connectivity index (χ4v) is 2.48. The molecule has 0 unspecified atom stereocenters. The monoisotopic (exact) mass is 217 g/mol. The van der Waals surface area contributed by atoms with Crippen LogP contribution in [-0.2, 0) is 10.2 Å². The van der Waals surface area contributed by atoms with Gasteiger partial charge in [-0.15, -0.1) is 0 Å². The zero-order valence-corrected chi connectivity index (χ0v) is 9.26. The van der Waals surface area contributed by atoms with E-state index in [2.05, 4.69) is 10.8 Å². The summed E-state index contributed by atoms with van der Waals surface area (Å²) in [6, 6.07) is 2.07. The Morgan fingerprint density at radius 1 is 1.36 bits per heavy atom. The second-order valence-corrected chi connectivity index (χ2v) is 5.68. The Bertz CT molecular complexity index is 336. The highest BCUT2D eigenvalue weighted by Crippen LogP contribution is 2.29. The van der Waals surface area contributed by atoms with Gasteiger partial charge in [-0.25, -0.2) is 0 Å². The quantitative estimate of drug-likeness (QED) is 0.735. The van der Waals surface area contributed by atoms with Crippen LogP contribution in [0.3, 0.4) is 0 Å². The molecule has 1 fully saturated rings. The molecule has 0 aromatic carbocycles. The van der Waals surface area contributed by atoms with Gasteiger partial charge in [-0.3, -0.25) is 0 Å². The van der Waals surface area contributed by atoms with Gasteiger partial charge in [0, 0.05) is 14.1 Å². The second kappa shape index (κ2) is 3.85. The lowest BCUT2D eigenvalue weighted by atomic mass is 10.0. The van der Waals surface area contributed by atoms with Crippen molar-refractivity contribution in [3.8, 4) is 6.07 Å². The second-order valence-electron chi connectivity index (χ2n) is 3.79. The first kappa shape index (κ1) is 11.4. The van der Waals surface area contributed by atoms with Crippen LogP contribution in [0.15, 0.2) is 0 Å². The molecule has 0 aromatic rings. The highest BCUT2D eigenvalue weighted by atomic mass is 32.2. The van der Waals surface area contributed by atoms with E-state index < -0.39 is 15.7 Å². The number of nitrogens with zero attached hydrogens (tertiary/aromatic N) is 2. The van der Waals surface area contributed by atoms with Crippen molar-refractivity contribution in [2.75, 3.05) is 14.1 Å². The van der Waals surface area contributed by atoms with Crippen LogP contribution < -0.4 is 4.72 Å². The summed E-state index contributed by atoms with van der Waals surface area (Å²) in [5.41, 5.74) is -0.872. The predicted molar refractivity (Wildman–Crippen MR) is 52.6 cm³/mol. The highest BCUT2D eigenvalue weighted by Gasteiger charge is 2.38. The minimum absolute atomic E-state index is 0.608. The van der Waals surface area contributed by atoms with Gasteiger partial charge in [0.05, 0.1) is 6.07 Å². The van der Waals surface area contributed by atoms with E-state index in [0.717, 1.165) is 17.1 Å². The average molecular weight is 217 g/mol. The molecule has 0 amide bonds. The molecule has 14 heavy (non-hydrogen) atoms. The van der Waals surface area contributed by atoms with Crippen LogP contribution in [0, 0.1) is 11.3 Å². The van der Waals surface area contributed by atoms with Crippen LogP contribution in [-0.4, -0.2) is 32.4 Å². The largest absolute Gasteiger partial charge is 0.280 e. The van der Waals surface area contributed by atoms with Crippen molar-refractivity contribution in [3.63, 3.8) is 0 Å². The van der Waals surface area contributed by atoms with Crippen molar-refractivity contribution < 1.29 is 8.42 Å². The van der Waals surface area contributed by atoms with Gasteiger partial charge in [0.15, 0.2) is 0 Å². The molecule has 0 saturated heterocycles. The van der Waals surface area contributed by atoms with Crippen LogP contribution in [0.5, 0.6) is 0 Å². The molecule has 0 bridgehead atoms. The Hall–Kier alpha value is -0.640. The first-order chi connectivity index (χ1) is 6.42. The maximum absolute atomic E-state index is 11.5. The molecule has 1 rings (SSSR count). The van der Waals surface area contributed by atoms with Crippen LogP contribution in [0.1, 0.15) is 25.7 Å². The number of nitrogens with one attached hydrogen (secondary N) is 1. The highest BCUT2D eigenvalue weighted by molar-refractivity contribution is 7.87. The fourth-order valence-electron chi connectivity index (χ4n) is 1.55. The number of hydrogen-bond acceptors (Lipinski definition) is 3. The van der Waals surface area contributed by atoms with Gasteiger partial charge < -0.3 is 0 Å². The Morgan fingerprint density at radius 3 is 2.21 bits per heavy atom. The molecule has 1 saturated carbocycles. The Labute approximate surface area is 84.9 Å². The van der Waals surface area contributed by atoms with Crippen molar-refractivity contribution >= 4 is 10.2 Å². The van der Waals surface area contributed by atoms with Crippen molar-refractivity contribution in [1.29, 1.82) is 5.26 Å². The van der Waals surface area contributed by atoms with Gasteiger partial charge in [-0.2, -0.15) is 22.7 Å². The van der Waals surface area contributed by atoms with Crippen molar-refractivity contribution in [1.82, 2.24) is 9.03 Å². The molecule has 1 N–H and O–H groups in total. The van der Waals surface area contributed by atoms with Gasteiger partial charge in [0.1, 0.15) is 5.54 Å². The fraction of sp³-hybridized carbons (Fsp3) is 0.875. The zero-order chi connectivity index (χ0) is 10.8. The lowest BCUT2D eigenvalue weighted by Gasteiger charge is -2.23. The lowest BCUT2D eigenvalue weighted by Crippen LogP contribution is -2.49. The van der Waals surface area contributed by atoms with Crippen LogP contribution in [0.25, 0.3) is 0 Å². The normalized spacial score (nSPS) is 21.0. The molecule has 5 nitrogen and oxygen atoms in total. The first-order valence-corrected chi connectivity index (χ1v) is 5.99. The summed E-state index contributed by atoms with van der Waals surface area (Å²) in [7, 11) is -0.598. The summed E-state index contributed by atoms with van der Waals surface area (Å²) in [5.74, 6) is 0. The minimum atomic E-state index is -3.49. The van der Waals surface area contributed by atoms with Crippen LogP contribution in [0.2, 0.25) is 0 Å². The summed E-state index contributed by atoms with van der Waals surface area (Å²) in [5, 5.41) is 8.97. The summed E-state index contributed by atoms with van der Waals surface area (Å²) in [4.78, 5) is 0. The van der Waals surface area contributed by atoms with Gasteiger partial charge in [-0.1, -0.05) is 12.8 Å². The summed E-state index contributed by atoms with van der Waals surface area (Å²) in [6.07, 6.45) is 3.03. The number of hydrogen-bond donors (Lipinski definition) is 1.